The molecule has 0 saturated heterocycles. The van der Waals surface area contributed by atoms with E-state index in [0.29, 0.717) is 0 Å². The molecule has 0 heterocycles. The third kappa shape index (κ3) is 2.50. The van der Waals surface area contributed by atoms with Crippen molar-refractivity contribution in [2.75, 3.05) is 0 Å². The molecule has 0 aliphatic heterocycles. The first-order chi connectivity index (χ1) is 10.9. The van der Waals surface area contributed by atoms with Crippen LogP contribution >= 0.6 is 15.9 Å². The molecular formula is C21H19BrO. The van der Waals surface area contributed by atoms with Crippen molar-refractivity contribution in [1.82, 2.24) is 0 Å². The fraction of sp³-hybridized carbons (Fsp3) is 0.238. The number of hydrogen-bond donors (Lipinski definition) is 1. The molecule has 4 aromatic rings. The Bertz CT molecular complexity index is 1010. The van der Waals surface area contributed by atoms with E-state index in [1.54, 1.807) is 0 Å². The van der Waals surface area contributed by atoms with Crippen LogP contribution in [0.15, 0.2) is 53.0 Å². The third-order valence-corrected chi connectivity index (χ3v) is 5.40. The Balaban J connectivity index is 2.02. The normalized spacial score (nSPS) is 12.7. The summed E-state index contributed by atoms with van der Waals surface area (Å²) < 4.78 is 1.14. The van der Waals surface area contributed by atoms with E-state index in [0.717, 1.165) is 17.3 Å². The van der Waals surface area contributed by atoms with Gasteiger partial charge >= 0.3 is 0 Å². The van der Waals surface area contributed by atoms with Crippen molar-refractivity contribution in [2.45, 2.75) is 32.3 Å². The molecular weight excluding hydrogens is 348 g/mol. The molecule has 1 nitrogen and oxygen atoms in total. The molecule has 0 aliphatic carbocycles. The average molecular weight is 367 g/mol. The van der Waals surface area contributed by atoms with Gasteiger partial charge in [0.15, 0.2) is 0 Å². The fourth-order valence-electron chi connectivity index (χ4n) is 3.48. The summed E-state index contributed by atoms with van der Waals surface area (Å²) in [5.41, 5.74) is 0.682. The largest absolute Gasteiger partial charge is 0.390 e. The Morgan fingerprint density at radius 2 is 1.39 bits per heavy atom. The molecule has 0 spiro atoms. The van der Waals surface area contributed by atoms with Crippen molar-refractivity contribution >= 4 is 48.2 Å². The van der Waals surface area contributed by atoms with E-state index >= 15 is 0 Å². The van der Waals surface area contributed by atoms with Crippen LogP contribution in [0.2, 0.25) is 0 Å². The summed E-state index contributed by atoms with van der Waals surface area (Å²) in [7, 11) is 0. The summed E-state index contributed by atoms with van der Waals surface area (Å²) in [5, 5.41) is 17.9. The summed E-state index contributed by atoms with van der Waals surface area (Å²) in [6.07, 6.45) is 1.65. The second kappa shape index (κ2) is 5.19. The predicted octanol–water partition coefficient (Wildman–Crippen LogP) is 6.05. The molecule has 0 unspecified atom stereocenters. The monoisotopic (exact) mass is 366 g/mol. The zero-order valence-electron chi connectivity index (χ0n) is 13.4. The highest BCUT2D eigenvalue weighted by Crippen LogP contribution is 2.39. The number of hydrogen-bond acceptors (Lipinski definition) is 1. The molecule has 2 heteroatoms. The van der Waals surface area contributed by atoms with Crippen molar-refractivity contribution in [2.24, 2.45) is 0 Å². The maximum atomic E-state index is 10.1. The van der Waals surface area contributed by atoms with E-state index in [4.69, 9.17) is 0 Å². The van der Waals surface area contributed by atoms with Crippen molar-refractivity contribution in [3.63, 3.8) is 0 Å². The van der Waals surface area contributed by atoms with Gasteiger partial charge < -0.3 is 5.11 Å². The van der Waals surface area contributed by atoms with Gasteiger partial charge in [0.05, 0.1) is 5.60 Å². The smallest absolute Gasteiger partial charge is 0.0594 e. The van der Waals surface area contributed by atoms with Crippen molar-refractivity contribution < 1.29 is 5.11 Å². The van der Waals surface area contributed by atoms with Crippen molar-refractivity contribution in [1.29, 1.82) is 0 Å². The highest BCUT2D eigenvalue weighted by Gasteiger charge is 2.15. The molecule has 0 atom stereocenters. The quantitative estimate of drug-likeness (QED) is 0.437. The molecule has 116 valence electrons. The molecule has 0 fully saturated rings. The summed E-state index contributed by atoms with van der Waals surface area (Å²) in [5.74, 6) is 0. The Morgan fingerprint density at radius 1 is 0.826 bits per heavy atom. The van der Waals surface area contributed by atoms with Crippen molar-refractivity contribution in [3.8, 4) is 0 Å². The molecule has 0 saturated carbocycles. The first-order valence-corrected chi connectivity index (χ1v) is 8.81. The number of aryl methyl sites for hydroxylation is 1. The van der Waals surface area contributed by atoms with Crippen LogP contribution in [0.1, 0.15) is 25.8 Å². The van der Waals surface area contributed by atoms with Crippen LogP contribution in [0.4, 0.5) is 0 Å². The minimum Gasteiger partial charge on any atom is -0.390 e. The van der Waals surface area contributed by atoms with Gasteiger partial charge in [-0.15, -0.1) is 0 Å². The van der Waals surface area contributed by atoms with Gasteiger partial charge in [0.25, 0.3) is 0 Å². The van der Waals surface area contributed by atoms with Gasteiger partial charge in [0.2, 0.25) is 0 Å². The summed E-state index contributed by atoms with van der Waals surface area (Å²) in [4.78, 5) is 0. The third-order valence-electron chi connectivity index (χ3n) is 4.71. The average Bonchev–Trinajstić information content (AvgIpc) is 2.52. The summed E-state index contributed by atoms with van der Waals surface area (Å²) in [6.45, 7) is 3.75. The van der Waals surface area contributed by atoms with E-state index in [2.05, 4.69) is 64.5 Å². The molecule has 1 N–H and O–H groups in total. The number of rotatable bonds is 3. The predicted molar refractivity (Wildman–Crippen MR) is 102 cm³/mol. The lowest BCUT2D eigenvalue weighted by Crippen LogP contribution is -2.19. The Labute approximate surface area is 144 Å². The molecule has 0 radical (unpaired) electrons. The topological polar surface area (TPSA) is 20.2 Å². The minimum absolute atomic E-state index is 0.632. The van der Waals surface area contributed by atoms with E-state index in [-0.39, 0.29) is 0 Å². The Kier molecular flexibility index (Phi) is 3.36. The van der Waals surface area contributed by atoms with Crippen LogP contribution in [-0.4, -0.2) is 10.7 Å². The summed E-state index contributed by atoms with van der Waals surface area (Å²) >= 11 is 3.68. The molecule has 4 aromatic carbocycles. The molecule has 4 rings (SSSR count). The first kappa shape index (κ1) is 14.9. The van der Waals surface area contributed by atoms with Crippen LogP contribution in [0.25, 0.3) is 32.3 Å². The Morgan fingerprint density at radius 3 is 2.09 bits per heavy atom. The minimum atomic E-state index is -0.632. The zero-order valence-corrected chi connectivity index (χ0v) is 14.9. The van der Waals surface area contributed by atoms with Gasteiger partial charge in [-0.05, 0) is 70.6 Å². The van der Waals surface area contributed by atoms with Gasteiger partial charge in [-0.25, -0.2) is 0 Å². The molecule has 0 bridgehead atoms. The van der Waals surface area contributed by atoms with E-state index in [1.807, 2.05) is 13.8 Å². The fourth-order valence-corrected chi connectivity index (χ4v) is 3.95. The van der Waals surface area contributed by atoms with Crippen LogP contribution in [0.3, 0.4) is 0 Å². The second-order valence-electron chi connectivity index (χ2n) is 7.01. The summed E-state index contributed by atoms with van der Waals surface area (Å²) in [6, 6.07) is 17.6. The molecule has 0 aliphatic rings. The van der Waals surface area contributed by atoms with Gasteiger partial charge in [0.1, 0.15) is 0 Å². The van der Waals surface area contributed by atoms with Crippen LogP contribution in [0.5, 0.6) is 0 Å². The Hall–Kier alpha value is -1.64. The SMILES string of the molecule is CC(C)(O)CCc1ccc2ccc3c(Br)ccc4ccc1c2c43. The molecule has 0 amide bonds. The van der Waals surface area contributed by atoms with E-state index < -0.39 is 5.60 Å². The number of aliphatic hydroxyl groups is 1. The first-order valence-electron chi connectivity index (χ1n) is 8.01. The zero-order chi connectivity index (χ0) is 16.2. The number of benzene rings is 4. The van der Waals surface area contributed by atoms with Crippen LogP contribution in [-0.2, 0) is 6.42 Å². The lowest BCUT2D eigenvalue weighted by Gasteiger charge is -2.19. The van der Waals surface area contributed by atoms with Crippen LogP contribution in [0, 0.1) is 0 Å². The van der Waals surface area contributed by atoms with Crippen LogP contribution < -0.4 is 0 Å². The van der Waals surface area contributed by atoms with Gasteiger partial charge in [-0.2, -0.15) is 0 Å². The molecule has 0 aromatic heterocycles. The van der Waals surface area contributed by atoms with Gasteiger partial charge in [0, 0.05) is 4.47 Å². The lowest BCUT2D eigenvalue weighted by molar-refractivity contribution is 0.0715. The number of halogens is 1. The standard InChI is InChI=1S/C21H19BrO/c1-21(2,23)12-11-13-3-4-14-6-9-17-18(22)10-7-15-5-8-16(13)19(14)20(15)17/h3-10,23H,11-12H2,1-2H3. The second-order valence-corrected chi connectivity index (χ2v) is 7.86. The molecule has 23 heavy (non-hydrogen) atoms. The highest BCUT2D eigenvalue weighted by molar-refractivity contribution is 9.10. The van der Waals surface area contributed by atoms with Gasteiger partial charge in [-0.3, -0.25) is 0 Å². The lowest BCUT2D eigenvalue weighted by atomic mass is 9.89. The maximum Gasteiger partial charge on any atom is 0.0594 e. The highest BCUT2D eigenvalue weighted by atomic mass is 79.9. The van der Waals surface area contributed by atoms with Crippen molar-refractivity contribution in [3.05, 3.63) is 58.6 Å². The van der Waals surface area contributed by atoms with E-state index in [1.165, 1.54) is 37.9 Å². The van der Waals surface area contributed by atoms with E-state index in [9.17, 15) is 5.11 Å². The maximum absolute atomic E-state index is 10.1. The van der Waals surface area contributed by atoms with Gasteiger partial charge in [-0.1, -0.05) is 58.4 Å².